The van der Waals surface area contributed by atoms with Crippen molar-refractivity contribution in [2.24, 2.45) is 11.8 Å². The summed E-state index contributed by atoms with van der Waals surface area (Å²) in [5.41, 5.74) is 3.73. The third-order valence-electron chi connectivity index (χ3n) is 10.3. The summed E-state index contributed by atoms with van der Waals surface area (Å²) in [4.78, 5) is 29.3. The van der Waals surface area contributed by atoms with Gasteiger partial charge >= 0.3 is 0 Å². The van der Waals surface area contributed by atoms with Crippen molar-refractivity contribution < 1.29 is 23.5 Å². The van der Waals surface area contributed by atoms with Gasteiger partial charge in [-0.2, -0.15) is 0 Å². The van der Waals surface area contributed by atoms with Crippen LogP contribution >= 0.6 is 0 Å². The molecular formula is C37H40FN3O4. The van der Waals surface area contributed by atoms with Gasteiger partial charge < -0.3 is 25.1 Å². The molecule has 234 valence electrons. The van der Waals surface area contributed by atoms with Crippen molar-refractivity contribution >= 4 is 28.5 Å². The Kier molecular flexibility index (Phi) is 7.23. The minimum atomic E-state index is -0.660. The van der Waals surface area contributed by atoms with Gasteiger partial charge in [0.05, 0.1) is 11.2 Å². The van der Waals surface area contributed by atoms with Crippen molar-refractivity contribution in [3.63, 3.8) is 0 Å². The largest absolute Gasteiger partial charge is 0.455 e. The summed E-state index contributed by atoms with van der Waals surface area (Å²) < 4.78 is 20.1. The molecule has 45 heavy (non-hydrogen) atoms. The number of amides is 2. The van der Waals surface area contributed by atoms with Gasteiger partial charge in [-0.05, 0) is 112 Å². The number of nitrogens with one attached hydrogen (secondary N) is 2. The highest BCUT2D eigenvalue weighted by molar-refractivity contribution is 6.13. The zero-order valence-electron chi connectivity index (χ0n) is 26.1. The van der Waals surface area contributed by atoms with E-state index >= 15 is 0 Å². The van der Waals surface area contributed by atoms with E-state index in [-0.39, 0.29) is 23.2 Å². The Labute approximate surface area is 262 Å². The fourth-order valence-electron chi connectivity index (χ4n) is 8.85. The van der Waals surface area contributed by atoms with Crippen LogP contribution in [0.15, 0.2) is 65.1 Å². The van der Waals surface area contributed by atoms with Gasteiger partial charge in [-0.25, -0.2) is 4.39 Å². The highest BCUT2D eigenvalue weighted by Gasteiger charge is 2.57. The van der Waals surface area contributed by atoms with Crippen LogP contribution in [0.1, 0.15) is 73.1 Å². The molecule has 8 rings (SSSR count). The SMILES string of the molecule is CCN(CC)c1cc2oc(-c3ccc(F)cc3)c(C(=O)NC)c2cc1-c1cccc(C(=O)NC23C[C@@H]4C[C@@H](CC(O)(C4)C2)C3)c1. The first-order valence-corrected chi connectivity index (χ1v) is 16.1. The third kappa shape index (κ3) is 5.19. The molecule has 7 nitrogen and oxygen atoms in total. The van der Waals surface area contributed by atoms with E-state index in [4.69, 9.17) is 4.42 Å². The molecule has 0 spiro atoms. The molecule has 0 saturated heterocycles. The molecule has 4 atom stereocenters. The van der Waals surface area contributed by atoms with E-state index in [2.05, 4.69) is 29.4 Å². The maximum Gasteiger partial charge on any atom is 0.255 e. The number of furan rings is 1. The van der Waals surface area contributed by atoms with Gasteiger partial charge in [-0.3, -0.25) is 9.59 Å². The summed E-state index contributed by atoms with van der Waals surface area (Å²) in [7, 11) is 1.57. The second-order valence-electron chi connectivity index (χ2n) is 13.4. The third-order valence-corrected chi connectivity index (χ3v) is 10.3. The van der Waals surface area contributed by atoms with Gasteiger partial charge in [0.25, 0.3) is 11.8 Å². The predicted octanol–water partition coefficient (Wildman–Crippen LogP) is 6.93. The lowest BCUT2D eigenvalue weighted by Crippen LogP contribution is -2.65. The van der Waals surface area contributed by atoms with Crippen LogP contribution in [0.4, 0.5) is 10.1 Å². The van der Waals surface area contributed by atoms with Crippen molar-refractivity contribution in [1.82, 2.24) is 10.6 Å². The van der Waals surface area contributed by atoms with E-state index in [0.29, 0.717) is 51.7 Å². The molecule has 2 unspecified atom stereocenters. The average Bonchev–Trinajstić information content (AvgIpc) is 3.38. The summed E-state index contributed by atoms with van der Waals surface area (Å²) >= 11 is 0. The number of rotatable bonds is 8. The maximum atomic E-state index is 13.8. The summed E-state index contributed by atoms with van der Waals surface area (Å²) in [6.07, 6.45) is 5.34. The second kappa shape index (κ2) is 11.0. The van der Waals surface area contributed by atoms with E-state index in [9.17, 15) is 19.1 Å². The van der Waals surface area contributed by atoms with Crippen molar-refractivity contribution in [3.05, 3.63) is 77.6 Å². The number of hydrogen-bond acceptors (Lipinski definition) is 5. The average molecular weight is 610 g/mol. The lowest BCUT2D eigenvalue weighted by Gasteiger charge is -2.60. The Morgan fingerprint density at radius 2 is 1.67 bits per heavy atom. The number of nitrogens with zero attached hydrogens (tertiary/aromatic N) is 1. The van der Waals surface area contributed by atoms with Gasteiger partial charge in [0.1, 0.15) is 17.2 Å². The number of anilines is 1. The molecule has 4 fully saturated rings. The summed E-state index contributed by atoms with van der Waals surface area (Å²) in [6.45, 7) is 5.67. The fraction of sp³-hybridized carbons (Fsp3) is 0.405. The Balaban J connectivity index is 1.31. The lowest BCUT2D eigenvalue weighted by molar-refractivity contribution is -0.139. The van der Waals surface area contributed by atoms with E-state index < -0.39 is 5.60 Å². The number of halogens is 1. The first-order chi connectivity index (χ1) is 21.6. The van der Waals surface area contributed by atoms with Crippen molar-refractivity contribution in [2.45, 2.75) is 63.5 Å². The molecule has 3 N–H and O–H groups in total. The smallest absolute Gasteiger partial charge is 0.255 e. The van der Waals surface area contributed by atoms with Crippen LogP contribution in [0.25, 0.3) is 33.4 Å². The molecule has 4 aliphatic carbocycles. The first-order valence-electron chi connectivity index (χ1n) is 16.1. The molecule has 0 aliphatic heterocycles. The van der Waals surface area contributed by atoms with Gasteiger partial charge in [0.2, 0.25) is 0 Å². The van der Waals surface area contributed by atoms with E-state index in [0.717, 1.165) is 62.0 Å². The Morgan fingerprint density at radius 3 is 2.31 bits per heavy atom. The zero-order valence-corrected chi connectivity index (χ0v) is 26.1. The highest BCUT2D eigenvalue weighted by Crippen LogP contribution is 2.57. The molecule has 4 aliphatic rings. The number of hydrogen-bond donors (Lipinski definition) is 3. The fourth-order valence-corrected chi connectivity index (χ4v) is 8.85. The van der Waals surface area contributed by atoms with Crippen LogP contribution in [-0.4, -0.2) is 48.2 Å². The van der Waals surface area contributed by atoms with Gasteiger partial charge in [0.15, 0.2) is 0 Å². The van der Waals surface area contributed by atoms with Crippen molar-refractivity contribution in [2.75, 3.05) is 25.0 Å². The summed E-state index contributed by atoms with van der Waals surface area (Å²) in [5.74, 6) is 0.509. The number of carbonyl (C=O) groups is 2. The molecule has 2 amide bonds. The summed E-state index contributed by atoms with van der Waals surface area (Å²) in [6, 6.07) is 17.5. The van der Waals surface area contributed by atoms with E-state index in [1.165, 1.54) is 12.1 Å². The van der Waals surface area contributed by atoms with Crippen LogP contribution in [0.3, 0.4) is 0 Å². The van der Waals surface area contributed by atoms with Crippen molar-refractivity contribution in [1.29, 1.82) is 0 Å². The van der Waals surface area contributed by atoms with E-state index in [1.807, 2.05) is 36.4 Å². The van der Waals surface area contributed by atoms with Crippen LogP contribution in [0, 0.1) is 17.7 Å². The molecule has 1 aromatic heterocycles. The maximum absolute atomic E-state index is 13.8. The topological polar surface area (TPSA) is 94.8 Å². The Bertz CT molecular complexity index is 1780. The van der Waals surface area contributed by atoms with Crippen LogP contribution in [0.2, 0.25) is 0 Å². The Morgan fingerprint density at radius 1 is 0.956 bits per heavy atom. The van der Waals surface area contributed by atoms with Gasteiger partial charge in [-0.1, -0.05) is 12.1 Å². The normalized spacial score (nSPS) is 25.0. The van der Waals surface area contributed by atoms with Gasteiger partial charge in [-0.15, -0.1) is 0 Å². The molecule has 0 radical (unpaired) electrons. The molecule has 1 heterocycles. The van der Waals surface area contributed by atoms with Gasteiger partial charge in [0, 0.05) is 59.5 Å². The lowest BCUT2D eigenvalue weighted by atomic mass is 9.51. The first kappa shape index (κ1) is 29.5. The zero-order chi connectivity index (χ0) is 31.5. The molecular weight excluding hydrogens is 569 g/mol. The van der Waals surface area contributed by atoms with Crippen LogP contribution in [0.5, 0.6) is 0 Å². The number of fused-ring (bicyclic) bond motifs is 1. The standard InChI is InChI=1S/C37H40FN3O4/c1-4-41(5-2)30-16-31-29(32(35(43)39-3)33(45-31)24-9-11-27(38)12-10-24)15-28(30)25-7-6-8-26(14-25)34(42)40-36-17-22-13-23(18-36)20-37(44,19-22)21-36/h6-12,14-16,22-23,44H,4-5,13,17-21H2,1-3H3,(H,39,43)(H,40,42)/t22-,23+,36?,37?. The quantitative estimate of drug-likeness (QED) is 0.202. The molecule has 4 aromatic rings. The second-order valence-corrected chi connectivity index (χ2v) is 13.4. The summed E-state index contributed by atoms with van der Waals surface area (Å²) in [5, 5.41) is 18.0. The minimum absolute atomic E-state index is 0.124. The monoisotopic (exact) mass is 609 g/mol. The molecule has 8 heteroatoms. The predicted molar refractivity (Wildman–Crippen MR) is 174 cm³/mol. The molecule has 3 aromatic carbocycles. The highest BCUT2D eigenvalue weighted by atomic mass is 19.1. The number of aliphatic hydroxyl groups is 1. The number of benzene rings is 3. The minimum Gasteiger partial charge on any atom is -0.455 e. The van der Waals surface area contributed by atoms with Crippen molar-refractivity contribution in [3.8, 4) is 22.5 Å². The van der Waals surface area contributed by atoms with Crippen LogP contribution < -0.4 is 15.5 Å². The van der Waals surface area contributed by atoms with Crippen LogP contribution in [-0.2, 0) is 0 Å². The van der Waals surface area contributed by atoms with E-state index in [1.54, 1.807) is 19.2 Å². The molecule has 4 bridgehead atoms. The number of carbonyl (C=O) groups excluding carboxylic acids is 2. The Hall–Kier alpha value is -4.17. The molecule has 4 saturated carbocycles.